The summed E-state index contributed by atoms with van der Waals surface area (Å²) in [6.07, 6.45) is 0.0819. The number of carbonyl (C=O) groups is 6. The number of benzene rings is 2. The second kappa shape index (κ2) is 14.5. The number of amides is 5. The number of rotatable bonds is 10. The van der Waals surface area contributed by atoms with Crippen LogP contribution < -0.4 is 16.0 Å². The monoisotopic (exact) mass is 633 g/mol. The van der Waals surface area contributed by atoms with Crippen molar-refractivity contribution < 1.29 is 38.2 Å². The number of hydrogen-bond acceptors (Lipinski definition) is 8. The Bertz CT molecular complexity index is 1460. The van der Waals surface area contributed by atoms with E-state index in [2.05, 4.69) is 16.0 Å². The highest BCUT2D eigenvalue weighted by Crippen LogP contribution is 2.26. The SMILES string of the molecule is CC(C)CC(=O)Nc1ccc(C(=O)NC2CCC(=O)N3CCCC(C(=O)NC4CC(=O)OC4OCc4ccccc4)N3C2=O)cc1. The Balaban J connectivity index is 1.24. The predicted octanol–water partition coefficient (Wildman–Crippen LogP) is 2.27. The molecule has 3 N–H and O–H groups in total. The van der Waals surface area contributed by atoms with Gasteiger partial charge in [0.05, 0.1) is 13.0 Å². The van der Waals surface area contributed by atoms with Gasteiger partial charge in [-0.3, -0.25) is 33.8 Å². The van der Waals surface area contributed by atoms with Crippen molar-refractivity contribution in [2.75, 3.05) is 11.9 Å². The minimum absolute atomic E-state index is 0.00269. The molecule has 46 heavy (non-hydrogen) atoms. The standard InChI is InChI=1S/C33H39N5O8/c1-20(2)17-27(39)34-23-12-10-22(11-13-23)30(42)35-24-14-15-28(40)37-16-6-9-26(38(37)32(24)44)31(43)36-25-18-29(41)46-33(25)45-19-21-7-4-3-5-8-21/h3-5,7-8,10-13,20,24-26,33H,6,9,14-19H2,1-2H3,(H,34,39)(H,35,42)(H,36,43). The molecule has 3 aliphatic rings. The van der Waals surface area contributed by atoms with E-state index in [9.17, 15) is 28.8 Å². The Morgan fingerprint density at radius 1 is 0.978 bits per heavy atom. The molecule has 3 fully saturated rings. The maximum absolute atomic E-state index is 13.9. The van der Waals surface area contributed by atoms with E-state index >= 15 is 0 Å². The number of hydrazine groups is 1. The van der Waals surface area contributed by atoms with Crippen LogP contribution in [0, 0.1) is 5.92 Å². The lowest BCUT2D eigenvalue weighted by atomic mass is 10.0. The van der Waals surface area contributed by atoms with Crippen LogP contribution in [0.25, 0.3) is 0 Å². The number of nitrogens with one attached hydrogen (secondary N) is 3. The van der Waals surface area contributed by atoms with Gasteiger partial charge in [-0.25, -0.2) is 5.01 Å². The molecule has 5 rings (SSSR count). The number of cyclic esters (lactones) is 1. The highest BCUT2D eigenvalue weighted by molar-refractivity contribution is 6.00. The fourth-order valence-electron chi connectivity index (χ4n) is 5.77. The van der Waals surface area contributed by atoms with Crippen molar-refractivity contribution in [3.05, 3.63) is 65.7 Å². The molecule has 0 spiro atoms. The van der Waals surface area contributed by atoms with Crippen LogP contribution in [0.5, 0.6) is 0 Å². The highest BCUT2D eigenvalue weighted by atomic mass is 16.7. The molecule has 2 aromatic carbocycles. The summed E-state index contributed by atoms with van der Waals surface area (Å²) in [7, 11) is 0. The number of hydrogen-bond donors (Lipinski definition) is 3. The number of anilines is 1. The third kappa shape index (κ3) is 7.89. The molecule has 3 saturated heterocycles. The van der Waals surface area contributed by atoms with Crippen molar-refractivity contribution >= 4 is 41.2 Å². The predicted molar refractivity (Wildman–Crippen MR) is 164 cm³/mol. The summed E-state index contributed by atoms with van der Waals surface area (Å²) in [5, 5.41) is 10.8. The average Bonchev–Trinajstić information content (AvgIpc) is 3.33. The van der Waals surface area contributed by atoms with Crippen LogP contribution in [0.2, 0.25) is 0 Å². The van der Waals surface area contributed by atoms with Gasteiger partial charge in [0.2, 0.25) is 24.0 Å². The number of esters is 1. The molecule has 3 heterocycles. The molecule has 0 bridgehead atoms. The highest BCUT2D eigenvalue weighted by Gasteiger charge is 2.46. The van der Waals surface area contributed by atoms with Gasteiger partial charge < -0.3 is 25.4 Å². The van der Waals surface area contributed by atoms with E-state index < -0.39 is 48.1 Å². The first-order valence-electron chi connectivity index (χ1n) is 15.6. The van der Waals surface area contributed by atoms with Crippen molar-refractivity contribution in [1.82, 2.24) is 20.7 Å². The average molecular weight is 634 g/mol. The molecule has 3 aliphatic heterocycles. The van der Waals surface area contributed by atoms with Crippen molar-refractivity contribution in [2.45, 2.75) is 83.4 Å². The van der Waals surface area contributed by atoms with Crippen molar-refractivity contribution in [3.8, 4) is 0 Å². The second-order valence-electron chi connectivity index (χ2n) is 12.1. The summed E-state index contributed by atoms with van der Waals surface area (Å²) in [5.41, 5.74) is 1.67. The summed E-state index contributed by atoms with van der Waals surface area (Å²) >= 11 is 0. The molecule has 244 valence electrons. The van der Waals surface area contributed by atoms with E-state index in [1.807, 2.05) is 44.2 Å². The van der Waals surface area contributed by atoms with Crippen LogP contribution in [0.15, 0.2) is 54.6 Å². The lowest BCUT2D eigenvalue weighted by molar-refractivity contribution is -0.177. The molecular formula is C33H39N5O8. The zero-order chi connectivity index (χ0) is 32.8. The van der Waals surface area contributed by atoms with E-state index in [0.29, 0.717) is 18.5 Å². The van der Waals surface area contributed by atoms with Gasteiger partial charge in [-0.15, -0.1) is 0 Å². The van der Waals surface area contributed by atoms with Gasteiger partial charge in [-0.1, -0.05) is 44.2 Å². The maximum atomic E-state index is 13.9. The van der Waals surface area contributed by atoms with E-state index in [1.54, 1.807) is 12.1 Å². The molecular weight excluding hydrogens is 594 g/mol. The number of ether oxygens (including phenoxy) is 2. The zero-order valence-electron chi connectivity index (χ0n) is 25.9. The lowest BCUT2D eigenvalue weighted by Gasteiger charge is -2.43. The molecule has 4 atom stereocenters. The fraction of sp³-hybridized carbons (Fsp3) is 0.455. The fourth-order valence-corrected chi connectivity index (χ4v) is 5.77. The van der Waals surface area contributed by atoms with Crippen LogP contribution in [0.1, 0.15) is 68.3 Å². The molecule has 0 radical (unpaired) electrons. The minimum atomic E-state index is -1.06. The first-order chi connectivity index (χ1) is 22.1. The van der Waals surface area contributed by atoms with Gasteiger partial charge in [0.25, 0.3) is 11.8 Å². The van der Waals surface area contributed by atoms with Crippen LogP contribution in [0.4, 0.5) is 5.69 Å². The molecule has 5 amide bonds. The second-order valence-corrected chi connectivity index (χ2v) is 12.1. The third-order valence-corrected chi connectivity index (χ3v) is 8.04. The molecule has 13 nitrogen and oxygen atoms in total. The summed E-state index contributed by atoms with van der Waals surface area (Å²) in [6, 6.07) is 12.7. The largest absolute Gasteiger partial charge is 0.433 e. The van der Waals surface area contributed by atoms with Gasteiger partial charge in [0.1, 0.15) is 18.1 Å². The van der Waals surface area contributed by atoms with Gasteiger partial charge in [0.15, 0.2) is 0 Å². The molecule has 2 aromatic rings. The van der Waals surface area contributed by atoms with Crippen LogP contribution >= 0.6 is 0 Å². The Kier molecular flexibility index (Phi) is 10.3. The van der Waals surface area contributed by atoms with Crippen LogP contribution in [-0.2, 0) is 40.1 Å². The Hall–Kier alpha value is -4.78. The third-order valence-electron chi connectivity index (χ3n) is 8.04. The molecule has 0 aliphatic carbocycles. The topological polar surface area (TPSA) is 163 Å². The number of fused-ring (bicyclic) bond motifs is 1. The summed E-state index contributed by atoms with van der Waals surface area (Å²) in [5.74, 6) is -2.44. The normalized spacial score (nSPS) is 23.0. The zero-order valence-corrected chi connectivity index (χ0v) is 25.9. The number of carbonyl (C=O) groups excluding carboxylic acids is 6. The molecule has 4 unspecified atom stereocenters. The van der Waals surface area contributed by atoms with Gasteiger partial charge in [-0.2, -0.15) is 0 Å². The van der Waals surface area contributed by atoms with Crippen LogP contribution in [0.3, 0.4) is 0 Å². The smallest absolute Gasteiger partial charge is 0.310 e. The Morgan fingerprint density at radius 3 is 2.43 bits per heavy atom. The van der Waals surface area contributed by atoms with Gasteiger partial charge >= 0.3 is 5.97 Å². The van der Waals surface area contributed by atoms with Crippen LogP contribution in [-0.4, -0.2) is 76.5 Å². The summed E-state index contributed by atoms with van der Waals surface area (Å²) in [6.45, 7) is 4.31. The van der Waals surface area contributed by atoms with Crippen molar-refractivity contribution in [1.29, 1.82) is 0 Å². The van der Waals surface area contributed by atoms with Gasteiger partial charge in [0, 0.05) is 30.6 Å². The summed E-state index contributed by atoms with van der Waals surface area (Å²) in [4.78, 5) is 78.0. The molecule has 0 saturated carbocycles. The van der Waals surface area contributed by atoms with E-state index in [0.717, 1.165) is 10.6 Å². The van der Waals surface area contributed by atoms with Gasteiger partial charge in [-0.05, 0) is 55.0 Å². The Labute approximate surface area is 266 Å². The summed E-state index contributed by atoms with van der Waals surface area (Å²) < 4.78 is 11.1. The van der Waals surface area contributed by atoms with E-state index in [1.165, 1.54) is 17.1 Å². The first-order valence-corrected chi connectivity index (χ1v) is 15.6. The number of nitrogens with zero attached hydrogens (tertiary/aromatic N) is 2. The molecule has 0 aromatic heterocycles. The Morgan fingerprint density at radius 2 is 1.72 bits per heavy atom. The maximum Gasteiger partial charge on any atom is 0.310 e. The quantitative estimate of drug-likeness (QED) is 0.336. The van der Waals surface area contributed by atoms with Crippen molar-refractivity contribution in [2.24, 2.45) is 5.92 Å². The van der Waals surface area contributed by atoms with E-state index in [4.69, 9.17) is 9.47 Å². The van der Waals surface area contributed by atoms with Crippen molar-refractivity contribution in [3.63, 3.8) is 0 Å². The van der Waals surface area contributed by atoms with E-state index in [-0.39, 0.29) is 62.1 Å². The minimum Gasteiger partial charge on any atom is -0.433 e. The first kappa shape index (κ1) is 32.6. The lowest BCUT2D eigenvalue weighted by Crippen LogP contribution is -2.64. The molecule has 13 heteroatoms.